The molecular formula is C17H15ClN4O3. The number of benzene rings is 1. The van der Waals surface area contributed by atoms with Crippen molar-refractivity contribution in [1.82, 2.24) is 9.38 Å². The number of nitrogens with zero attached hydrogens (tertiary/aromatic N) is 4. The highest BCUT2D eigenvalue weighted by Crippen LogP contribution is 2.32. The predicted molar refractivity (Wildman–Crippen MR) is 93.2 cm³/mol. The minimum atomic E-state index is -1.23. The third kappa shape index (κ3) is 3.11. The van der Waals surface area contributed by atoms with Crippen molar-refractivity contribution in [3.8, 4) is 0 Å². The molecule has 0 aliphatic carbocycles. The SMILES string of the molecule is Cc1cc(C)c(N=Nc2c(C(=O)O)nc3c(CO)cccn23)c(Cl)c1. The first kappa shape index (κ1) is 17.1. The van der Waals surface area contributed by atoms with Crippen LogP contribution in [0.15, 0.2) is 40.7 Å². The van der Waals surface area contributed by atoms with Gasteiger partial charge in [-0.2, -0.15) is 0 Å². The van der Waals surface area contributed by atoms with Crippen molar-refractivity contribution in [3.05, 3.63) is 57.9 Å². The van der Waals surface area contributed by atoms with Crippen LogP contribution in [0.4, 0.5) is 11.5 Å². The summed E-state index contributed by atoms with van der Waals surface area (Å²) in [6.45, 7) is 3.51. The van der Waals surface area contributed by atoms with Crippen molar-refractivity contribution >= 4 is 34.7 Å². The number of aliphatic hydroxyl groups excluding tert-OH is 1. The monoisotopic (exact) mass is 358 g/mol. The van der Waals surface area contributed by atoms with Gasteiger partial charge < -0.3 is 10.2 Å². The summed E-state index contributed by atoms with van der Waals surface area (Å²) < 4.78 is 1.48. The maximum absolute atomic E-state index is 11.5. The molecule has 0 aliphatic rings. The van der Waals surface area contributed by atoms with Crippen LogP contribution in [-0.4, -0.2) is 25.6 Å². The number of rotatable bonds is 4. The molecular weight excluding hydrogens is 344 g/mol. The maximum Gasteiger partial charge on any atom is 0.358 e. The van der Waals surface area contributed by atoms with E-state index in [-0.39, 0.29) is 18.1 Å². The first-order valence-corrected chi connectivity index (χ1v) is 7.82. The fourth-order valence-electron chi connectivity index (χ4n) is 2.61. The number of aromatic carboxylic acids is 1. The number of hydrogen-bond donors (Lipinski definition) is 2. The molecule has 2 aromatic heterocycles. The van der Waals surface area contributed by atoms with Gasteiger partial charge in [-0.25, -0.2) is 9.78 Å². The number of carboxylic acid groups (broad SMARTS) is 1. The zero-order chi connectivity index (χ0) is 18.1. The second kappa shape index (κ2) is 6.62. The molecule has 25 heavy (non-hydrogen) atoms. The van der Waals surface area contributed by atoms with Crippen LogP contribution in [0.25, 0.3) is 5.65 Å². The van der Waals surface area contributed by atoms with Gasteiger partial charge in [0.1, 0.15) is 11.3 Å². The number of aryl methyl sites for hydroxylation is 2. The zero-order valence-corrected chi connectivity index (χ0v) is 14.3. The summed E-state index contributed by atoms with van der Waals surface area (Å²) >= 11 is 6.22. The van der Waals surface area contributed by atoms with Crippen LogP contribution in [0.1, 0.15) is 27.2 Å². The van der Waals surface area contributed by atoms with Crippen molar-refractivity contribution in [1.29, 1.82) is 0 Å². The summed E-state index contributed by atoms with van der Waals surface area (Å²) in [4.78, 5) is 15.6. The Hall–Kier alpha value is -2.77. The van der Waals surface area contributed by atoms with Crippen molar-refractivity contribution in [2.75, 3.05) is 0 Å². The van der Waals surface area contributed by atoms with Gasteiger partial charge in [0, 0.05) is 11.8 Å². The number of halogens is 1. The fourth-order valence-corrected chi connectivity index (χ4v) is 2.97. The summed E-state index contributed by atoms with van der Waals surface area (Å²) in [6.07, 6.45) is 1.62. The minimum absolute atomic E-state index is 0.0637. The van der Waals surface area contributed by atoms with Crippen LogP contribution >= 0.6 is 11.6 Å². The number of azo groups is 1. The Kier molecular flexibility index (Phi) is 4.52. The summed E-state index contributed by atoms with van der Waals surface area (Å²) in [5.74, 6) is -1.16. The van der Waals surface area contributed by atoms with Gasteiger partial charge in [0.2, 0.25) is 0 Å². The third-order valence-corrected chi connectivity index (χ3v) is 4.01. The van der Waals surface area contributed by atoms with Gasteiger partial charge in [-0.3, -0.25) is 4.40 Å². The Balaban J connectivity index is 2.19. The van der Waals surface area contributed by atoms with Crippen LogP contribution in [0, 0.1) is 13.8 Å². The van der Waals surface area contributed by atoms with Crippen molar-refractivity contribution in [3.63, 3.8) is 0 Å². The van der Waals surface area contributed by atoms with Crippen LogP contribution in [0.3, 0.4) is 0 Å². The normalized spacial score (nSPS) is 11.5. The van der Waals surface area contributed by atoms with E-state index in [4.69, 9.17) is 11.6 Å². The predicted octanol–water partition coefficient (Wildman–Crippen LogP) is 4.21. The molecule has 0 unspecified atom stereocenters. The molecule has 3 aromatic rings. The average Bonchev–Trinajstić information content (AvgIpc) is 2.93. The van der Waals surface area contributed by atoms with Gasteiger partial charge in [-0.15, -0.1) is 10.2 Å². The molecule has 128 valence electrons. The first-order chi connectivity index (χ1) is 11.9. The Morgan fingerprint density at radius 1 is 1.32 bits per heavy atom. The quantitative estimate of drug-likeness (QED) is 0.682. The summed E-state index contributed by atoms with van der Waals surface area (Å²) in [7, 11) is 0. The Morgan fingerprint density at radius 3 is 2.72 bits per heavy atom. The minimum Gasteiger partial charge on any atom is -0.476 e. The number of aliphatic hydroxyl groups is 1. The van der Waals surface area contributed by atoms with E-state index in [0.717, 1.165) is 11.1 Å². The zero-order valence-electron chi connectivity index (χ0n) is 13.6. The largest absolute Gasteiger partial charge is 0.476 e. The van der Waals surface area contributed by atoms with Crippen molar-refractivity contribution in [2.45, 2.75) is 20.5 Å². The van der Waals surface area contributed by atoms with Crippen LogP contribution in [0.2, 0.25) is 5.02 Å². The number of carbonyl (C=O) groups is 1. The molecule has 0 radical (unpaired) electrons. The van der Waals surface area contributed by atoms with Gasteiger partial charge >= 0.3 is 5.97 Å². The highest BCUT2D eigenvalue weighted by Gasteiger charge is 2.20. The second-order valence-electron chi connectivity index (χ2n) is 5.59. The molecule has 8 heteroatoms. The van der Waals surface area contributed by atoms with Gasteiger partial charge in [0.05, 0.1) is 11.6 Å². The molecule has 0 atom stereocenters. The Labute approximate surface area is 148 Å². The summed E-state index contributed by atoms with van der Waals surface area (Å²) in [6, 6.07) is 7.01. The van der Waals surface area contributed by atoms with E-state index in [0.29, 0.717) is 21.9 Å². The van der Waals surface area contributed by atoms with Crippen molar-refractivity contribution in [2.24, 2.45) is 10.2 Å². The van der Waals surface area contributed by atoms with E-state index < -0.39 is 5.97 Å². The smallest absolute Gasteiger partial charge is 0.358 e. The highest BCUT2D eigenvalue weighted by molar-refractivity contribution is 6.33. The van der Waals surface area contributed by atoms with Crippen molar-refractivity contribution < 1.29 is 15.0 Å². The average molecular weight is 359 g/mol. The van der Waals surface area contributed by atoms with Gasteiger partial charge in [0.15, 0.2) is 11.5 Å². The molecule has 1 aromatic carbocycles. The van der Waals surface area contributed by atoms with Gasteiger partial charge in [-0.1, -0.05) is 23.7 Å². The topological polar surface area (TPSA) is 99.5 Å². The molecule has 0 saturated carbocycles. The maximum atomic E-state index is 11.5. The number of pyridine rings is 1. The molecule has 0 spiro atoms. The van der Waals surface area contributed by atoms with E-state index >= 15 is 0 Å². The highest BCUT2D eigenvalue weighted by atomic mass is 35.5. The van der Waals surface area contributed by atoms with E-state index in [2.05, 4.69) is 15.2 Å². The standard InChI is InChI=1S/C17H15ClN4O3/c1-9-6-10(2)13(12(18)7-9)20-21-16-14(17(24)25)19-15-11(8-23)4-3-5-22(15)16/h3-7,23H,8H2,1-2H3,(H,24,25). The number of hydrogen-bond acceptors (Lipinski definition) is 5. The van der Waals surface area contributed by atoms with E-state index in [1.54, 1.807) is 24.4 Å². The fraction of sp³-hybridized carbons (Fsp3) is 0.176. The van der Waals surface area contributed by atoms with E-state index in [1.807, 2.05) is 19.9 Å². The Morgan fingerprint density at radius 2 is 2.08 bits per heavy atom. The molecule has 0 amide bonds. The summed E-state index contributed by atoms with van der Waals surface area (Å²) in [5, 5.41) is 27.5. The second-order valence-corrected chi connectivity index (χ2v) is 5.99. The number of carboxylic acids is 1. The molecule has 0 fully saturated rings. The molecule has 0 bridgehead atoms. The lowest BCUT2D eigenvalue weighted by molar-refractivity contribution is 0.0692. The third-order valence-electron chi connectivity index (χ3n) is 3.72. The van der Waals surface area contributed by atoms with E-state index in [9.17, 15) is 15.0 Å². The lowest BCUT2D eigenvalue weighted by Gasteiger charge is -2.04. The van der Waals surface area contributed by atoms with Gasteiger partial charge in [-0.05, 0) is 37.1 Å². The number of imidazole rings is 1. The molecule has 2 heterocycles. The molecule has 3 rings (SSSR count). The van der Waals surface area contributed by atoms with Crippen LogP contribution in [0.5, 0.6) is 0 Å². The van der Waals surface area contributed by atoms with E-state index in [1.165, 1.54) is 4.40 Å². The van der Waals surface area contributed by atoms with Crippen LogP contribution < -0.4 is 0 Å². The molecule has 2 N–H and O–H groups in total. The summed E-state index contributed by atoms with van der Waals surface area (Å²) in [5.41, 5.74) is 2.87. The Bertz CT molecular complexity index is 988. The lowest BCUT2D eigenvalue weighted by atomic mass is 10.1. The molecule has 0 aliphatic heterocycles. The molecule has 0 saturated heterocycles. The number of fused-ring (bicyclic) bond motifs is 1. The first-order valence-electron chi connectivity index (χ1n) is 7.45. The van der Waals surface area contributed by atoms with Crippen LogP contribution in [-0.2, 0) is 6.61 Å². The number of aromatic nitrogens is 2. The molecule has 7 nitrogen and oxygen atoms in total. The van der Waals surface area contributed by atoms with Gasteiger partial charge in [0.25, 0.3) is 0 Å². The lowest BCUT2D eigenvalue weighted by Crippen LogP contribution is -1.96.